The van der Waals surface area contributed by atoms with Crippen LogP contribution >= 0.6 is 0 Å². The van der Waals surface area contributed by atoms with Gasteiger partial charge in [-0.1, -0.05) is 36.4 Å². The van der Waals surface area contributed by atoms with Gasteiger partial charge in [0.15, 0.2) is 0 Å². The van der Waals surface area contributed by atoms with E-state index in [1.54, 1.807) is 7.11 Å². The zero-order valence-electron chi connectivity index (χ0n) is 14.9. The van der Waals surface area contributed by atoms with E-state index in [-0.39, 0.29) is 19.8 Å². The van der Waals surface area contributed by atoms with Gasteiger partial charge in [-0.15, -0.1) is 0 Å². The van der Waals surface area contributed by atoms with Crippen molar-refractivity contribution in [1.29, 1.82) is 0 Å². The van der Waals surface area contributed by atoms with Crippen LogP contribution in [0.3, 0.4) is 0 Å². The van der Waals surface area contributed by atoms with E-state index in [0.29, 0.717) is 11.3 Å². The summed E-state index contributed by atoms with van der Waals surface area (Å²) in [6.45, 7) is 2.60. The van der Waals surface area contributed by atoms with E-state index in [2.05, 4.69) is 4.98 Å². The zero-order chi connectivity index (χ0) is 18.4. The lowest BCUT2D eigenvalue weighted by molar-refractivity contribution is 0.0444. The number of hydrogen-bond donors (Lipinski definition) is 0. The highest BCUT2D eigenvalue weighted by Crippen LogP contribution is 2.24. The van der Waals surface area contributed by atoms with E-state index < -0.39 is 5.97 Å². The van der Waals surface area contributed by atoms with Crippen LogP contribution in [0, 0.1) is 6.92 Å². The smallest absolute Gasteiger partial charge is 0.340 e. The fourth-order valence-corrected chi connectivity index (χ4v) is 2.84. The molecule has 0 radical (unpaired) electrons. The molecule has 0 saturated carbocycles. The summed E-state index contributed by atoms with van der Waals surface area (Å²) in [5, 5.41) is 0.930. The minimum Gasteiger partial charge on any atom is -0.490 e. The molecule has 3 rings (SSSR count). The summed E-state index contributed by atoms with van der Waals surface area (Å²) >= 11 is 0. The molecule has 26 heavy (non-hydrogen) atoms. The molecule has 0 atom stereocenters. The topological polar surface area (TPSA) is 57.7 Å². The van der Waals surface area contributed by atoms with Gasteiger partial charge in [0.2, 0.25) is 0 Å². The summed E-state index contributed by atoms with van der Waals surface area (Å²) in [6.07, 6.45) is 0. The molecule has 1 aromatic heterocycles. The van der Waals surface area contributed by atoms with Crippen LogP contribution < -0.4 is 4.74 Å². The Labute approximate surface area is 152 Å². The maximum atomic E-state index is 12.6. The van der Waals surface area contributed by atoms with Crippen LogP contribution in [0.15, 0.2) is 54.6 Å². The molecule has 0 aliphatic heterocycles. The molecule has 0 saturated heterocycles. The molecular formula is C21H21NO4. The summed E-state index contributed by atoms with van der Waals surface area (Å²) < 4.78 is 16.2. The van der Waals surface area contributed by atoms with Crippen molar-refractivity contribution >= 4 is 16.9 Å². The Morgan fingerprint density at radius 2 is 1.73 bits per heavy atom. The van der Waals surface area contributed by atoms with Gasteiger partial charge in [-0.2, -0.15) is 0 Å². The molecule has 3 aromatic rings. The molecule has 5 heteroatoms. The fraction of sp³-hybridized carbons (Fsp3) is 0.238. The van der Waals surface area contributed by atoms with Gasteiger partial charge in [-0.25, -0.2) is 9.78 Å². The Kier molecular flexibility index (Phi) is 5.81. The molecule has 0 amide bonds. The molecule has 1 heterocycles. The molecule has 5 nitrogen and oxygen atoms in total. The van der Waals surface area contributed by atoms with Gasteiger partial charge in [0.05, 0.1) is 23.4 Å². The lowest BCUT2D eigenvalue weighted by Crippen LogP contribution is -2.16. The minimum absolute atomic E-state index is 0.159. The Balaban J connectivity index is 1.74. The number of ether oxygens (including phenoxy) is 3. The SMILES string of the molecule is COCc1nc2ccccc2c(C)c1C(=O)OCCOc1ccccc1. The normalized spacial score (nSPS) is 10.7. The third kappa shape index (κ3) is 4.00. The van der Waals surface area contributed by atoms with Crippen molar-refractivity contribution in [3.05, 3.63) is 71.4 Å². The predicted octanol–water partition coefficient (Wildman–Crippen LogP) is 3.93. The highest BCUT2D eigenvalue weighted by molar-refractivity contribution is 5.98. The van der Waals surface area contributed by atoms with Crippen molar-refractivity contribution in [3.63, 3.8) is 0 Å². The number of pyridine rings is 1. The first kappa shape index (κ1) is 17.9. The number of rotatable bonds is 7. The van der Waals surface area contributed by atoms with Crippen molar-refractivity contribution in [3.8, 4) is 5.75 Å². The zero-order valence-corrected chi connectivity index (χ0v) is 14.9. The maximum Gasteiger partial charge on any atom is 0.340 e. The first-order valence-electron chi connectivity index (χ1n) is 8.43. The molecule has 0 spiro atoms. The minimum atomic E-state index is -0.413. The van der Waals surface area contributed by atoms with Crippen molar-refractivity contribution in [1.82, 2.24) is 4.98 Å². The van der Waals surface area contributed by atoms with Gasteiger partial charge in [-0.3, -0.25) is 0 Å². The number of para-hydroxylation sites is 2. The van der Waals surface area contributed by atoms with Crippen molar-refractivity contribution < 1.29 is 19.0 Å². The number of esters is 1. The predicted molar refractivity (Wildman–Crippen MR) is 99.4 cm³/mol. The third-order valence-electron chi connectivity index (χ3n) is 4.04. The molecule has 0 N–H and O–H groups in total. The van der Waals surface area contributed by atoms with Crippen LogP contribution in [0.4, 0.5) is 0 Å². The Morgan fingerprint density at radius 1 is 1.00 bits per heavy atom. The van der Waals surface area contributed by atoms with Gasteiger partial charge in [0.25, 0.3) is 0 Å². The van der Waals surface area contributed by atoms with Gasteiger partial charge >= 0.3 is 5.97 Å². The second kappa shape index (κ2) is 8.45. The third-order valence-corrected chi connectivity index (χ3v) is 4.04. The quantitative estimate of drug-likeness (QED) is 0.477. The van der Waals surface area contributed by atoms with Crippen molar-refractivity contribution in [2.24, 2.45) is 0 Å². The van der Waals surface area contributed by atoms with Gasteiger partial charge < -0.3 is 14.2 Å². The lowest BCUT2D eigenvalue weighted by Gasteiger charge is -2.14. The Morgan fingerprint density at radius 3 is 2.50 bits per heavy atom. The number of nitrogens with zero attached hydrogens (tertiary/aromatic N) is 1. The number of aromatic nitrogens is 1. The summed E-state index contributed by atoms with van der Waals surface area (Å²) in [6, 6.07) is 17.1. The van der Waals surface area contributed by atoms with Crippen LogP contribution in [0.5, 0.6) is 5.75 Å². The van der Waals surface area contributed by atoms with E-state index in [1.807, 2.05) is 61.5 Å². The summed E-state index contributed by atoms with van der Waals surface area (Å²) in [4.78, 5) is 17.2. The number of fused-ring (bicyclic) bond motifs is 1. The molecule has 0 bridgehead atoms. The van der Waals surface area contributed by atoms with Gasteiger partial charge in [0, 0.05) is 12.5 Å². The number of carbonyl (C=O) groups is 1. The number of hydrogen-bond acceptors (Lipinski definition) is 5. The summed E-state index contributed by atoms with van der Waals surface area (Å²) in [5.41, 5.74) is 2.72. The van der Waals surface area contributed by atoms with E-state index in [9.17, 15) is 4.79 Å². The van der Waals surface area contributed by atoms with Crippen LogP contribution in [0.2, 0.25) is 0 Å². The molecule has 0 aliphatic rings. The molecule has 0 aliphatic carbocycles. The Bertz CT molecular complexity index is 893. The largest absolute Gasteiger partial charge is 0.490 e. The lowest BCUT2D eigenvalue weighted by atomic mass is 10.0. The number of aryl methyl sites for hydroxylation is 1. The summed E-state index contributed by atoms with van der Waals surface area (Å²) in [5.74, 6) is 0.330. The van der Waals surface area contributed by atoms with E-state index in [0.717, 1.165) is 22.2 Å². The molecule has 134 valence electrons. The van der Waals surface area contributed by atoms with Gasteiger partial charge in [-0.05, 0) is 30.7 Å². The second-order valence-electron chi connectivity index (χ2n) is 5.81. The molecule has 0 unspecified atom stereocenters. The highest BCUT2D eigenvalue weighted by Gasteiger charge is 2.20. The van der Waals surface area contributed by atoms with Crippen LogP contribution in [0.1, 0.15) is 21.6 Å². The maximum absolute atomic E-state index is 12.6. The van der Waals surface area contributed by atoms with Gasteiger partial charge in [0.1, 0.15) is 19.0 Å². The first-order valence-corrected chi connectivity index (χ1v) is 8.43. The number of methoxy groups -OCH3 is 1. The average molecular weight is 351 g/mol. The molecule has 2 aromatic carbocycles. The highest BCUT2D eigenvalue weighted by atomic mass is 16.6. The number of benzene rings is 2. The van der Waals surface area contributed by atoms with Crippen LogP contribution in [0.25, 0.3) is 10.9 Å². The first-order chi connectivity index (χ1) is 12.7. The van der Waals surface area contributed by atoms with E-state index in [1.165, 1.54) is 0 Å². The average Bonchev–Trinajstić information content (AvgIpc) is 2.66. The second-order valence-corrected chi connectivity index (χ2v) is 5.81. The van der Waals surface area contributed by atoms with E-state index >= 15 is 0 Å². The Hall–Kier alpha value is -2.92. The van der Waals surface area contributed by atoms with Crippen LogP contribution in [-0.4, -0.2) is 31.3 Å². The van der Waals surface area contributed by atoms with Crippen LogP contribution in [-0.2, 0) is 16.1 Å². The molecule has 0 fully saturated rings. The van der Waals surface area contributed by atoms with Crippen molar-refractivity contribution in [2.45, 2.75) is 13.5 Å². The van der Waals surface area contributed by atoms with Crippen molar-refractivity contribution in [2.75, 3.05) is 20.3 Å². The fourth-order valence-electron chi connectivity index (χ4n) is 2.84. The van der Waals surface area contributed by atoms with E-state index in [4.69, 9.17) is 14.2 Å². The monoisotopic (exact) mass is 351 g/mol. The molecular weight excluding hydrogens is 330 g/mol. The summed E-state index contributed by atoms with van der Waals surface area (Å²) in [7, 11) is 1.58. The number of carbonyl (C=O) groups excluding carboxylic acids is 1. The standard InChI is InChI=1S/C21H21NO4/c1-15-17-10-6-7-11-18(17)22-19(14-24-2)20(15)21(23)26-13-12-25-16-8-4-3-5-9-16/h3-11H,12-14H2,1-2H3.